The number of benzene rings is 2. The molecule has 0 atom stereocenters. The van der Waals surface area contributed by atoms with Gasteiger partial charge in [-0.05, 0) is 43.1 Å². The summed E-state index contributed by atoms with van der Waals surface area (Å²) in [6, 6.07) is 8.10. The number of ether oxygens (including phenoxy) is 2. The molecule has 0 aliphatic carbocycles. The summed E-state index contributed by atoms with van der Waals surface area (Å²) in [4.78, 5) is 0. The monoisotopic (exact) mass is 399 g/mol. The first-order valence-corrected chi connectivity index (χ1v) is 9.39. The largest absolute Gasteiger partial charge is 0.490 e. The van der Waals surface area contributed by atoms with Crippen molar-refractivity contribution >= 4 is 23.2 Å². The van der Waals surface area contributed by atoms with E-state index in [2.05, 4.69) is 19.2 Å². The normalized spacial score (nSPS) is 11.0. The van der Waals surface area contributed by atoms with Gasteiger partial charge in [-0.15, -0.1) is 0 Å². The van der Waals surface area contributed by atoms with Gasteiger partial charge < -0.3 is 14.8 Å². The SMILES string of the molecule is CCOc1cc(CNCC(C)C)c(Cl)cc1OCc1c(F)cccc1Cl. The van der Waals surface area contributed by atoms with E-state index in [-0.39, 0.29) is 6.61 Å². The minimum absolute atomic E-state index is 0.00709. The van der Waals surface area contributed by atoms with Gasteiger partial charge in [0.05, 0.1) is 11.6 Å². The number of hydrogen-bond donors (Lipinski definition) is 1. The maximum atomic E-state index is 13.9. The molecular formula is C20H24Cl2FNO2. The van der Waals surface area contributed by atoms with Crippen molar-refractivity contribution in [3.05, 3.63) is 57.3 Å². The lowest BCUT2D eigenvalue weighted by Crippen LogP contribution is -2.19. The molecule has 0 unspecified atom stereocenters. The van der Waals surface area contributed by atoms with E-state index in [4.69, 9.17) is 32.7 Å². The van der Waals surface area contributed by atoms with Gasteiger partial charge in [0, 0.05) is 23.2 Å². The number of nitrogens with one attached hydrogen (secondary N) is 1. The van der Waals surface area contributed by atoms with E-state index in [1.165, 1.54) is 6.07 Å². The molecule has 0 aliphatic heterocycles. The van der Waals surface area contributed by atoms with E-state index >= 15 is 0 Å². The molecule has 0 aromatic heterocycles. The highest BCUT2D eigenvalue weighted by molar-refractivity contribution is 6.31. The molecule has 1 N–H and O–H groups in total. The molecule has 3 nitrogen and oxygen atoms in total. The number of rotatable bonds is 9. The Bertz CT molecular complexity index is 718. The van der Waals surface area contributed by atoms with E-state index < -0.39 is 5.82 Å². The van der Waals surface area contributed by atoms with Gasteiger partial charge in [0.25, 0.3) is 0 Å². The minimum Gasteiger partial charge on any atom is -0.490 e. The second-order valence-corrected chi connectivity index (χ2v) is 7.15. The molecule has 0 spiro atoms. The van der Waals surface area contributed by atoms with Gasteiger partial charge in [0.15, 0.2) is 11.5 Å². The smallest absolute Gasteiger partial charge is 0.163 e. The third-order valence-corrected chi connectivity index (χ3v) is 4.42. The second-order valence-electron chi connectivity index (χ2n) is 6.34. The summed E-state index contributed by atoms with van der Waals surface area (Å²) in [6.07, 6.45) is 0. The average molecular weight is 400 g/mol. The Morgan fingerprint density at radius 1 is 1.08 bits per heavy atom. The predicted octanol–water partition coefficient (Wildman–Crippen LogP) is 5.86. The number of hydrogen-bond acceptors (Lipinski definition) is 3. The summed E-state index contributed by atoms with van der Waals surface area (Å²) in [5.74, 6) is 1.18. The Morgan fingerprint density at radius 2 is 1.81 bits per heavy atom. The van der Waals surface area contributed by atoms with E-state index in [1.54, 1.807) is 18.2 Å². The molecule has 0 fully saturated rings. The average Bonchev–Trinajstić information content (AvgIpc) is 2.57. The lowest BCUT2D eigenvalue weighted by Gasteiger charge is -2.16. The molecule has 0 saturated heterocycles. The fourth-order valence-electron chi connectivity index (χ4n) is 2.41. The van der Waals surface area contributed by atoms with Gasteiger partial charge in [-0.2, -0.15) is 0 Å². The lowest BCUT2D eigenvalue weighted by molar-refractivity contribution is 0.265. The van der Waals surface area contributed by atoms with Crippen LogP contribution in [0.3, 0.4) is 0 Å². The standard InChI is InChI=1S/C20H24Cl2FNO2/c1-4-25-19-8-14(11-24-10-13(2)3)17(22)9-20(19)26-12-15-16(21)6-5-7-18(15)23/h5-9,13,24H,4,10-12H2,1-3H3. The molecule has 2 rings (SSSR count). The molecule has 0 saturated carbocycles. The van der Waals surface area contributed by atoms with Gasteiger partial charge in [0.1, 0.15) is 12.4 Å². The van der Waals surface area contributed by atoms with Crippen LogP contribution >= 0.6 is 23.2 Å². The Hall–Kier alpha value is -1.49. The molecule has 142 valence electrons. The van der Waals surface area contributed by atoms with Crippen LogP contribution in [-0.4, -0.2) is 13.2 Å². The van der Waals surface area contributed by atoms with Crippen molar-refractivity contribution in [1.82, 2.24) is 5.32 Å². The predicted molar refractivity (Wildman–Crippen MR) is 105 cm³/mol. The van der Waals surface area contributed by atoms with Crippen molar-refractivity contribution in [3.8, 4) is 11.5 Å². The van der Waals surface area contributed by atoms with Crippen LogP contribution in [0.25, 0.3) is 0 Å². The van der Waals surface area contributed by atoms with Gasteiger partial charge >= 0.3 is 0 Å². The highest BCUT2D eigenvalue weighted by Gasteiger charge is 2.14. The van der Waals surface area contributed by atoms with Crippen LogP contribution in [0.2, 0.25) is 10.0 Å². The van der Waals surface area contributed by atoms with Crippen molar-refractivity contribution in [1.29, 1.82) is 0 Å². The summed E-state index contributed by atoms with van der Waals surface area (Å²) in [7, 11) is 0. The maximum Gasteiger partial charge on any atom is 0.163 e. The van der Waals surface area contributed by atoms with Crippen LogP contribution in [0.15, 0.2) is 30.3 Å². The molecule has 0 aliphatic rings. The van der Waals surface area contributed by atoms with Gasteiger partial charge in [-0.3, -0.25) is 0 Å². The summed E-state index contributed by atoms with van der Waals surface area (Å²) < 4.78 is 25.4. The zero-order valence-corrected chi connectivity index (χ0v) is 16.8. The summed E-state index contributed by atoms with van der Waals surface area (Å²) >= 11 is 12.4. The van der Waals surface area contributed by atoms with E-state index in [0.29, 0.717) is 46.2 Å². The molecule has 2 aromatic rings. The third-order valence-electron chi connectivity index (χ3n) is 3.71. The van der Waals surface area contributed by atoms with Crippen molar-refractivity contribution in [3.63, 3.8) is 0 Å². The van der Waals surface area contributed by atoms with Gasteiger partial charge in [-0.25, -0.2) is 4.39 Å². The Labute approximate surface area is 164 Å². The summed E-state index contributed by atoms with van der Waals surface area (Å²) in [5.41, 5.74) is 1.22. The molecule has 0 amide bonds. The Balaban J connectivity index is 2.17. The quantitative estimate of drug-likeness (QED) is 0.572. The zero-order valence-electron chi connectivity index (χ0n) is 15.2. The maximum absolute atomic E-state index is 13.9. The van der Waals surface area contributed by atoms with Crippen LogP contribution in [0, 0.1) is 11.7 Å². The highest BCUT2D eigenvalue weighted by atomic mass is 35.5. The van der Waals surface area contributed by atoms with Crippen molar-refractivity contribution < 1.29 is 13.9 Å². The van der Waals surface area contributed by atoms with Crippen LogP contribution < -0.4 is 14.8 Å². The molecule has 2 aromatic carbocycles. The molecule has 0 heterocycles. The molecule has 6 heteroatoms. The second kappa shape index (κ2) is 10.0. The molecule has 26 heavy (non-hydrogen) atoms. The summed E-state index contributed by atoms with van der Waals surface area (Å²) in [6.45, 7) is 8.18. The van der Waals surface area contributed by atoms with Crippen molar-refractivity contribution in [2.24, 2.45) is 5.92 Å². The highest BCUT2D eigenvalue weighted by Crippen LogP contribution is 2.35. The van der Waals surface area contributed by atoms with Crippen LogP contribution in [-0.2, 0) is 13.2 Å². The summed E-state index contributed by atoms with van der Waals surface area (Å²) in [5, 5.41) is 4.25. The Morgan fingerprint density at radius 3 is 2.46 bits per heavy atom. The van der Waals surface area contributed by atoms with E-state index in [0.717, 1.165) is 12.1 Å². The third kappa shape index (κ3) is 5.76. The van der Waals surface area contributed by atoms with E-state index in [1.807, 2.05) is 13.0 Å². The van der Waals surface area contributed by atoms with Crippen molar-refractivity contribution in [2.45, 2.75) is 33.9 Å². The van der Waals surface area contributed by atoms with Crippen LogP contribution in [0.1, 0.15) is 31.9 Å². The first kappa shape index (κ1) is 20.8. The van der Waals surface area contributed by atoms with Gasteiger partial charge in [0.2, 0.25) is 0 Å². The first-order chi connectivity index (χ1) is 12.4. The molecule has 0 radical (unpaired) electrons. The molecule has 0 bridgehead atoms. The van der Waals surface area contributed by atoms with E-state index in [9.17, 15) is 4.39 Å². The van der Waals surface area contributed by atoms with Crippen LogP contribution in [0.5, 0.6) is 11.5 Å². The minimum atomic E-state index is -0.406. The topological polar surface area (TPSA) is 30.5 Å². The van der Waals surface area contributed by atoms with Crippen LogP contribution in [0.4, 0.5) is 4.39 Å². The number of halogens is 3. The molecular weight excluding hydrogens is 376 g/mol. The fourth-order valence-corrected chi connectivity index (χ4v) is 2.85. The first-order valence-electron chi connectivity index (χ1n) is 8.64. The van der Waals surface area contributed by atoms with Crippen molar-refractivity contribution in [2.75, 3.05) is 13.2 Å². The fraction of sp³-hybridized carbons (Fsp3) is 0.400. The lowest BCUT2D eigenvalue weighted by atomic mass is 10.1. The Kier molecular flexibility index (Phi) is 8.01. The zero-order chi connectivity index (χ0) is 19.1. The van der Waals surface area contributed by atoms with Gasteiger partial charge in [-0.1, -0.05) is 43.1 Å².